The first-order valence-electron chi connectivity index (χ1n) is 7.98. The topological polar surface area (TPSA) is 56.7 Å². The van der Waals surface area contributed by atoms with Crippen LogP contribution >= 0.6 is 39.9 Å². The normalized spacial score (nSPS) is 14.9. The van der Waals surface area contributed by atoms with Crippen molar-refractivity contribution in [2.24, 2.45) is 4.99 Å². The summed E-state index contributed by atoms with van der Waals surface area (Å²) in [6.07, 6.45) is 3.57. The van der Waals surface area contributed by atoms with Crippen LogP contribution in [0.25, 0.3) is 0 Å². The third-order valence-corrected chi connectivity index (χ3v) is 4.46. The summed E-state index contributed by atoms with van der Waals surface area (Å²) in [7, 11) is 1.83. The zero-order chi connectivity index (χ0) is 16.8. The summed E-state index contributed by atoms with van der Waals surface area (Å²) >= 11 is 3.51. The molecule has 0 aliphatic carbocycles. The van der Waals surface area contributed by atoms with Crippen LogP contribution in [-0.2, 0) is 6.54 Å². The highest BCUT2D eigenvalue weighted by Crippen LogP contribution is 2.12. The van der Waals surface area contributed by atoms with Gasteiger partial charge in [-0.1, -0.05) is 28.1 Å². The van der Waals surface area contributed by atoms with Crippen molar-refractivity contribution >= 4 is 51.8 Å². The Morgan fingerprint density at radius 1 is 1.16 bits per heavy atom. The van der Waals surface area contributed by atoms with Crippen LogP contribution in [0.15, 0.2) is 52.2 Å². The van der Waals surface area contributed by atoms with Crippen molar-refractivity contribution in [3.05, 3.63) is 52.8 Å². The molecule has 25 heavy (non-hydrogen) atoms. The Kier molecular flexibility index (Phi) is 7.89. The second-order valence-corrected chi connectivity index (χ2v) is 6.47. The monoisotopic (exact) mass is 516 g/mol. The number of piperazine rings is 1. The summed E-state index contributed by atoms with van der Waals surface area (Å²) in [4.78, 5) is 17.5. The van der Waals surface area contributed by atoms with Gasteiger partial charge in [0.2, 0.25) is 5.95 Å². The molecule has 2 aromatic rings. The van der Waals surface area contributed by atoms with Gasteiger partial charge >= 0.3 is 0 Å². The van der Waals surface area contributed by atoms with Crippen LogP contribution in [0.3, 0.4) is 0 Å². The highest BCUT2D eigenvalue weighted by molar-refractivity contribution is 14.0. The lowest BCUT2D eigenvalue weighted by Gasteiger charge is -2.36. The van der Waals surface area contributed by atoms with Gasteiger partial charge in [-0.25, -0.2) is 9.97 Å². The largest absolute Gasteiger partial charge is 0.352 e. The minimum Gasteiger partial charge on any atom is -0.352 e. The molecule has 0 atom stereocenters. The predicted octanol–water partition coefficient (Wildman–Crippen LogP) is 2.75. The van der Waals surface area contributed by atoms with Crippen molar-refractivity contribution in [1.82, 2.24) is 20.2 Å². The summed E-state index contributed by atoms with van der Waals surface area (Å²) in [5.41, 5.74) is 1.22. The van der Waals surface area contributed by atoms with Crippen LogP contribution in [0.1, 0.15) is 5.56 Å². The Morgan fingerprint density at radius 2 is 1.88 bits per heavy atom. The maximum atomic E-state index is 4.42. The molecule has 1 aromatic heterocycles. The Labute approximate surface area is 173 Å². The lowest BCUT2D eigenvalue weighted by atomic mass is 10.2. The standard InChI is InChI=1S/C17H21BrN6.HI/c1-19-16(22-13-14-4-2-5-15(18)12-14)23-8-10-24(11-9-23)17-20-6-3-7-21-17;/h2-7,12H,8-11,13H2,1H3,(H,19,22);1H. The third-order valence-electron chi connectivity index (χ3n) is 3.97. The number of aromatic nitrogens is 2. The van der Waals surface area contributed by atoms with Crippen molar-refractivity contribution < 1.29 is 0 Å². The number of guanidine groups is 1. The van der Waals surface area contributed by atoms with Gasteiger partial charge in [-0.3, -0.25) is 4.99 Å². The average molecular weight is 517 g/mol. The summed E-state index contributed by atoms with van der Waals surface area (Å²) in [5.74, 6) is 1.73. The molecule has 3 rings (SSSR count). The molecular formula is C17H22BrIN6. The van der Waals surface area contributed by atoms with E-state index in [0.29, 0.717) is 0 Å². The zero-order valence-electron chi connectivity index (χ0n) is 14.1. The van der Waals surface area contributed by atoms with Gasteiger partial charge in [0.25, 0.3) is 0 Å². The van der Waals surface area contributed by atoms with E-state index in [1.165, 1.54) is 5.56 Å². The highest BCUT2D eigenvalue weighted by atomic mass is 127. The van der Waals surface area contributed by atoms with Crippen LogP contribution in [-0.4, -0.2) is 54.1 Å². The zero-order valence-corrected chi connectivity index (χ0v) is 18.0. The fraction of sp³-hybridized carbons (Fsp3) is 0.353. The molecule has 2 heterocycles. The lowest BCUT2D eigenvalue weighted by molar-refractivity contribution is 0.370. The van der Waals surface area contributed by atoms with Crippen molar-refractivity contribution in [1.29, 1.82) is 0 Å². The SMILES string of the molecule is CN=C(NCc1cccc(Br)c1)N1CCN(c2ncccn2)CC1.I. The molecule has 8 heteroatoms. The van der Waals surface area contributed by atoms with Crippen molar-refractivity contribution in [2.75, 3.05) is 38.1 Å². The Morgan fingerprint density at radius 3 is 2.52 bits per heavy atom. The Bertz CT molecular complexity index is 689. The molecule has 1 aliphatic rings. The van der Waals surface area contributed by atoms with Crippen LogP contribution in [0, 0.1) is 0 Å². The number of aliphatic imine (C=N–C) groups is 1. The molecule has 1 N–H and O–H groups in total. The van der Waals surface area contributed by atoms with Gasteiger partial charge < -0.3 is 15.1 Å². The Hall–Kier alpha value is -1.42. The van der Waals surface area contributed by atoms with E-state index in [0.717, 1.165) is 49.1 Å². The number of hydrogen-bond acceptors (Lipinski definition) is 4. The van der Waals surface area contributed by atoms with E-state index in [-0.39, 0.29) is 24.0 Å². The van der Waals surface area contributed by atoms with Gasteiger partial charge in [-0.05, 0) is 23.8 Å². The maximum Gasteiger partial charge on any atom is 0.225 e. The number of halogens is 2. The summed E-state index contributed by atoms with van der Waals surface area (Å²) in [5, 5.41) is 3.44. The van der Waals surface area contributed by atoms with Gasteiger partial charge in [0.15, 0.2) is 5.96 Å². The number of nitrogens with zero attached hydrogens (tertiary/aromatic N) is 5. The second kappa shape index (κ2) is 9.91. The molecule has 0 radical (unpaired) electrons. The minimum absolute atomic E-state index is 0. The molecule has 6 nitrogen and oxygen atoms in total. The Balaban J connectivity index is 0.00000225. The van der Waals surface area contributed by atoms with Crippen LogP contribution in [0.4, 0.5) is 5.95 Å². The van der Waals surface area contributed by atoms with E-state index in [4.69, 9.17) is 0 Å². The summed E-state index contributed by atoms with van der Waals surface area (Å²) in [6, 6.07) is 10.1. The van der Waals surface area contributed by atoms with Gasteiger partial charge in [0.1, 0.15) is 0 Å². The fourth-order valence-electron chi connectivity index (χ4n) is 2.73. The molecule has 1 aromatic carbocycles. The van der Waals surface area contributed by atoms with E-state index < -0.39 is 0 Å². The quantitative estimate of drug-likeness (QED) is 0.386. The summed E-state index contributed by atoms with van der Waals surface area (Å²) < 4.78 is 1.09. The molecule has 0 saturated carbocycles. The number of anilines is 1. The van der Waals surface area contributed by atoms with Crippen LogP contribution < -0.4 is 10.2 Å². The lowest BCUT2D eigenvalue weighted by Crippen LogP contribution is -2.52. The molecule has 1 saturated heterocycles. The second-order valence-electron chi connectivity index (χ2n) is 5.55. The third kappa shape index (κ3) is 5.53. The molecule has 0 unspecified atom stereocenters. The maximum absolute atomic E-state index is 4.42. The average Bonchev–Trinajstić information content (AvgIpc) is 2.64. The number of hydrogen-bond donors (Lipinski definition) is 1. The van der Waals surface area contributed by atoms with E-state index in [2.05, 4.69) is 58.1 Å². The molecular weight excluding hydrogens is 495 g/mol. The minimum atomic E-state index is 0. The first-order valence-corrected chi connectivity index (χ1v) is 8.77. The molecule has 1 aliphatic heterocycles. The van der Waals surface area contributed by atoms with E-state index >= 15 is 0 Å². The van der Waals surface area contributed by atoms with Gasteiger partial charge in [0.05, 0.1) is 0 Å². The van der Waals surface area contributed by atoms with Crippen LogP contribution in [0.5, 0.6) is 0 Å². The van der Waals surface area contributed by atoms with E-state index in [1.807, 2.05) is 25.2 Å². The van der Waals surface area contributed by atoms with Crippen molar-refractivity contribution in [2.45, 2.75) is 6.54 Å². The number of rotatable bonds is 3. The van der Waals surface area contributed by atoms with Gasteiger partial charge in [-0.2, -0.15) is 0 Å². The van der Waals surface area contributed by atoms with Crippen molar-refractivity contribution in [3.63, 3.8) is 0 Å². The van der Waals surface area contributed by atoms with Gasteiger partial charge in [0, 0.05) is 56.6 Å². The molecule has 0 amide bonds. The number of nitrogens with one attached hydrogen (secondary N) is 1. The smallest absolute Gasteiger partial charge is 0.225 e. The van der Waals surface area contributed by atoms with E-state index in [1.54, 1.807) is 12.4 Å². The first kappa shape index (κ1) is 19.9. The predicted molar refractivity (Wildman–Crippen MR) is 116 cm³/mol. The molecule has 0 bridgehead atoms. The van der Waals surface area contributed by atoms with Crippen molar-refractivity contribution in [3.8, 4) is 0 Å². The molecule has 134 valence electrons. The van der Waals surface area contributed by atoms with E-state index in [9.17, 15) is 0 Å². The molecule has 1 fully saturated rings. The number of benzene rings is 1. The summed E-state index contributed by atoms with van der Waals surface area (Å²) in [6.45, 7) is 4.34. The highest BCUT2D eigenvalue weighted by Gasteiger charge is 2.20. The van der Waals surface area contributed by atoms with Crippen LogP contribution in [0.2, 0.25) is 0 Å². The fourth-order valence-corrected chi connectivity index (χ4v) is 3.18. The first-order chi connectivity index (χ1) is 11.8. The molecule has 0 spiro atoms. The van der Waals surface area contributed by atoms with Gasteiger partial charge in [-0.15, -0.1) is 24.0 Å².